The number of hydrogen-bond acceptors (Lipinski definition) is 4. The van der Waals surface area contributed by atoms with Crippen LogP contribution in [0.4, 0.5) is 0 Å². The van der Waals surface area contributed by atoms with E-state index in [4.69, 9.17) is 4.74 Å². The lowest BCUT2D eigenvalue weighted by molar-refractivity contribution is -0.148. The fourth-order valence-electron chi connectivity index (χ4n) is 7.47. The van der Waals surface area contributed by atoms with Crippen molar-refractivity contribution in [3.8, 4) is 0 Å². The summed E-state index contributed by atoms with van der Waals surface area (Å²) in [7, 11) is 0. The number of carbonyl (C=O) groups is 3. The van der Waals surface area contributed by atoms with Crippen molar-refractivity contribution in [2.75, 3.05) is 6.61 Å². The van der Waals surface area contributed by atoms with Crippen LogP contribution in [0.2, 0.25) is 0 Å². The topological polar surface area (TPSA) is 72.5 Å². The van der Waals surface area contributed by atoms with E-state index < -0.39 is 23.2 Å². The van der Waals surface area contributed by atoms with Crippen LogP contribution in [0, 0.1) is 23.7 Å². The highest BCUT2D eigenvalue weighted by Gasteiger charge is 2.70. The van der Waals surface area contributed by atoms with Crippen molar-refractivity contribution in [2.45, 2.75) is 18.3 Å². The van der Waals surface area contributed by atoms with E-state index in [0.717, 1.165) is 32.3 Å². The number of amides is 2. The van der Waals surface area contributed by atoms with Crippen LogP contribution in [-0.4, -0.2) is 24.4 Å². The number of imide groups is 1. The van der Waals surface area contributed by atoms with Crippen molar-refractivity contribution >= 4 is 40.7 Å². The predicted molar refractivity (Wildman–Crippen MR) is 136 cm³/mol. The molecule has 8 rings (SSSR count). The Balaban J connectivity index is 1.57. The maximum atomic E-state index is 13.5. The van der Waals surface area contributed by atoms with Gasteiger partial charge >= 0.3 is 5.97 Å². The molecule has 36 heavy (non-hydrogen) atoms. The molecule has 1 heterocycles. The van der Waals surface area contributed by atoms with Gasteiger partial charge in [-0.25, -0.2) is 4.79 Å². The van der Waals surface area contributed by atoms with Gasteiger partial charge in [-0.2, -0.15) is 0 Å². The van der Waals surface area contributed by atoms with Gasteiger partial charge in [-0.05, 0) is 51.1 Å². The maximum Gasteiger partial charge on any atom is 0.333 e. The highest BCUT2D eigenvalue weighted by molar-refractivity contribution is 6.08. The molecule has 0 aromatic heterocycles. The second kappa shape index (κ2) is 7.26. The third kappa shape index (κ3) is 2.63. The van der Waals surface area contributed by atoms with Gasteiger partial charge in [-0.1, -0.05) is 79.4 Å². The summed E-state index contributed by atoms with van der Waals surface area (Å²) in [6, 6.07) is 20.7. The Labute approximate surface area is 208 Å². The van der Waals surface area contributed by atoms with Gasteiger partial charge in [-0.3, -0.25) is 14.9 Å². The molecule has 6 atom stereocenters. The molecule has 6 unspecified atom stereocenters. The average Bonchev–Trinajstić information content (AvgIpc) is 3.19. The number of rotatable bonds is 3. The third-order valence-electron chi connectivity index (χ3n) is 8.85. The average molecular weight is 476 g/mol. The van der Waals surface area contributed by atoms with E-state index in [0.29, 0.717) is 5.57 Å². The lowest BCUT2D eigenvalue weighted by atomic mass is 9.41. The lowest BCUT2D eigenvalue weighted by Crippen LogP contribution is -2.63. The normalized spacial score (nSPS) is 30.8. The fourth-order valence-corrected chi connectivity index (χ4v) is 7.47. The van der Waals surface area contributed by atoms with E-state index in [9.17, 15) is 14.4 Å². The van der Waals surface area contributed by atoms with Crippen LogP contribution in [0.25, 0.3) is 22.9 Å². The molecule has 2 amide bonds. The highest BCUT2D eigenvalue weighted by atomic mass is 16.5. The van der Waals surface area contributed by atoms with Crippen molar-refractivity contribution in [1.29, 1.82) is 0 Å². The van der Waals surface area contributed by atoms with Crippen molar-refractivity contribution in [3.05, 3.63) is 94.4 Å². The molecule has 2 bridgehead atoms. The molecule has 178 valence electrons. The Morgan fingerprint density at radius 3 is 2.33 bits per heavy atom. The van der Waals surface area contributed by atoms with Crippen LogP contribution in [0.3, 0.4) is 0 Å². The molecular formula is C31H25NO4. The zero-order valence-corrected chi connectivity index (χ0v) is 19.9. The molecule has 5 nitrogen and oxygen atoms in total. The standard InChI is InChI=1S/C31H25NO4/c1-16(2)30(35)36-15-31-23-13-19-9-5-3-7-17(19)11-21(23)25(26-27(31)29(34)32-28(26)33)22-12-18-8-4-6-10-20(18)14-24(22)31/h3-14,21,23,25-27H,1,15H2,2H3,(H,32,33,34). The molecule has 5 heteroatoms. The van der Waals surface area contributed by atoms with Gasteiger partial charge in [0.15, 0.2) is 0 Å². The van der Waals surface area contributed by atoms with Gasteiger partial charge in [0.25, 0.3) is 0 Å². The molecule has 4 aliphatic carbocycles. The van der Waals surface area contributed by atoms with Gasteiger partial charge in [0.05, 0.1) is 11.8 Å². The first kappa shape index (κ1) is 21.3. The second-order valence-corrected chi connectivity index (χ2v) is 10.6. The summed E-state index contributed by atoms with van der Waals surface area (Å²) < 4.78 is 5.90. The minimum absolute atomic E-state index is 0.00464. The minimum atomic E-state index is -0.880. The largest absolute Gasteiger partial charge is 0.461 e. The molecule has 3 aromatic carbocycles. The SMILES string of the molecule is C=C(C)C(=O)OCC12c3cc4ccccc4cc3C(C3C=c4ccccc4=CC31)C1C(=O)NC(=O)C12. The lowest BCUT2D eigenvalue weighted by Gasteiger charge is -2.60. The van der Waals surface area contributed by atoms with Gasteiger partial charge in [0, 0.05) is 16.9 Å². The number of esters is 1. The van der Waals surface area contributed by atoms with E-state index in [-0.39, 0.29) is 36.2 Å². The Morgan fingerprint density at radius 1 is 0.944 bits per heavy atom. The van der Waals surface area contributed by atoms with Crippen molar-refractivity contribution in [3.63, 3.8) is 0 Å². The molecule has 0 radical (unpaired) electrons. The summed E-state index contributed by atoms with van der Waals surface area (Å²) in [5, 5.41) is 7.02. The second-order valence-electron chi connectivity index (χ2n) is 10.6. The summed E-state index contributed by atoms with van der Waals surface area (Å²) in [6.07, 6.45) is 4.51. The first-order chi connectivity index (χ1) is 17.4. The Morgan fingerprint density at radius 2 is 1.61 bits per heavy atom. The van der Waals surface area contributed by atoms with Crippen LogP contribution in [-0.2, 0) is 24.5 Å². The quantitative estimate of drug-likeness (QED) is 0.359. The molecule has 5 aliphatic rings. The van der Waals surface area contributed by atoms with Crippen LogP contribution < -0.4 is 15.8 Å². The zero-order chi connectivity index (χ0) is 24.8. The number of benzene rings is 3. The zero-order valence-electron chi connectivity index (χ0n) is 19.9. The van der Waals surface area contributed by atoms with Gasteiger partial charge in [0.1, 0.15) is 6.61 Å². The molecule has 1 N–H and O–H groups in total. The molecule has 1 saturated heterocycles. The van der Waals surface area contributed by atoms with E-state index in [1.165, 1.54) is 0 Å². The van der Waals surface area contributed by atoms with Crippen molar-refractivity contribution < 1.29 is 19.1 Å². The van der Waals surface area contributed by atoms with Crippen LogP contribution in [0.15, 0.2) is 72.8 Å². The van der Waals surface area contributed by atoms with Gasteiger partial charge < -0.3 is 4.74 Å². The van der Waals surface area contributed by atoms with E-state index >= 15 is 0 Å². The Hall–Kier alpha value is -3.99. The maximum absolute atomic E-state index is 13.5. The summed E-state index contributed by atoms with van der Waals surface area (Å²) in [5.41, 5.74) is 1.52. The van der Waals surface area contributed by atoms with Gasteiger partial charge in [-0.15, -0.1) is 0 Å². The monoisotopic (exact) mass is 475 g/mol. The van der Waals surface area contributed by atoms with Gasteiger partial charge in [0.2, 0.25) is 11.8 Å². The highest BCUT2D eigenvalue weighted by Crippen LogP contribution is 2.66. The molecule has 0 spiro atoms. The number of nitrogens with one attached hydrogen (secondary N) is 1. The Bertz CT molecular complexity index is 1650. The predicted octanol–water partition coefficient (Wildman–Crippen LogP) is 2.70. The molecule has 1 saturated carbocycles. The number of hydrogen-bond donors (Lipinski definition) is 1. The van der Waals surface area contributed by atoms with E-state index in [2.05, 4.69) is 60.4 Å². The van der Waals surface area contributed by atoms with Crippen LogP contribution in [0.1, 0.15) is 24.0 Å². The molecule has 2 fully saturated rings. The first-order valence-corrected chi connectivity index (χ1v) is 12.4. The minimum Gasteiger partial charge on any atom is -0.461 e. The number of fused-ring (bicyclic) bond motifs is 2. The van der Waals surface area contributed by atoms with Crippen LogP contribution in [0.5, 0.6) is 0 Å². The van der Waals surface area contributed by atoms with E-state index in [1.54, 1.807) is 6.92 Å². The molecule has 3 aromatic rings. The number of ether oxygens (including phenoxy) is 1. The van der Waals surface area contributed by atoms with Crippen LogP contribution >= 0.6 is 0 Å². The summed E-state index contributed by atoms with van der Waals surface area (Å²) in [4.78, 5) is 39.5. The van der Waals surface area contributed by atoms with E-state index in [1.807, 2.05) is 24.3 Å². The summed E-state index contributed by atoms with van der Waals surface area (Å²) >= 11 is 0. The van der Waals surface area contributed by atoms with Crippen molar-refractivity contribution in [2.24, 2.45) is 23.7 Å². The Kier molecular flexibility index (Phi) is 4.30. The molecule has 1 aliphatic heterocycles. The van der Waals surface area contributed by atoms with Crippen molar-refractivity contribution in [1.82, 2.24) is 5.32 Å². The smallest absolute Gasteiger partial charge is 0.333 e. The fraction of sp³-hybridized carbons (Fsp3) is 0.258. The summed E-state index contributed by atoms with van der Waals surface area (Å²) in [5.74, 6) is -2.37. The summed E-state index contributed by atoms with van der Waals surface area (Å²) in [6.45, 7) is 5.37. The molecular weight excluding hydrogens is 450 g/mol. The first-order valence-electron chi connectivity index (χ1n) is 12.4. The number of carbonyl (C=O) groups excluding carboxylic acids is 3. The third-order valence-corrected chi connectivity index (χ3v) is 8.85.